The van der Waals surface area contributed by atoms with Crippen molar-refractivity contribution in [3.05, 3.63) is 58.1 Å². The van der Waals surface area contributed by atoms with E-state index in [1.54, 1.807) is 12.1 Å². The molecule has 2 aromatic rings. The van der Waals surface area contributed by atoms with Gasteiger partial charge < -0.3 is 9.84 Å². The first-order valence-corrected chi connectivity index (χ1v) is 6.53. The highest BCUT2D eigenvalue weighted by molar-refractivity contribution is 9.10. The van der Waals surface area contributed by atoms with E-state index >= 15 is 0 Å². The zero-order valence-electron chi connectivity index (χ0n) is 10.4. The Hall–Kier alpha value is -1.65. The van der Waals surface area contributed by atoms with Gasteiger partial charge in [0.2, 0.25) is 0 Å². The van der Waals surface area contributed by atoms with Crippen LogP contribution >= 0.6 is 15.9 Å². The van der Waals surface area contributed by atoms with E-state index in [1.807, 2.05) is 30.3 Å². The van der Waals surface area contributed by atoms with E-state index < -0.39 is 0 Å². The summed E-state index contributed by atoms with van der Waals surface area (Å²) in [6, 6.07) is 12.9. The monoisotopic (exact) mass is 320 g/mol. The average Bonchev–Trinajstić information content (AvgIpc) is 2.46. The summed E-state index contributed by atoms with van der Waals surface area (Å²) in [7, 11) is 1.36. The SMILES string of the molecule is COC(=O)c1ccc(-c2ccc(CO)c(Br)c2)cc1. The molecule has 0 bridgehead atoms. The van der Waals surface area contributed by atoms with Crippen molar-refractivity contribution in [2.24, 2.45) is 0 Å². The molecular weight excluding hydrogens is 308 g/mol. The highest BCUT2D eigenvalue weighted by Gasteiger charge is 2.06. The number of aliphatic hydroxyl groups excluding tert-OH is 1. The lowest BCUT2D eigenvalue weighted by Crippen LogP contribution is -2.00. The van der Waals surface area contributed by atoms with Gasteiger partial charge in [-0.3, -0.25) is 0 Å². The largest absolute Gasteiger partial charge is 0.465 e. The van der Waals surface area contributed by atoms with E-state index in [9.17, 15) is 4.79 Å². The molecule has 0 radical (unpaired) electrons. The van der Waals surface area contributed by atoms with E-state index in [2.05, 4.69) is 20.7 Å². The molecule has 0 unspecified atom stereocenters. The predicted octanol–water partition coefficient (Wildman–Crippen LogP) is 3.40. The van der Waals surface area contributed by atoms with Crippen molar-refractivity contribution in [3.63, 3.8) is 0 Å². The molecule has 2 aromatic carbocycles. The summed E-state index contributed by atoms with van der Waals surface area (Å²) in [5.41, 5.74) is 3.38. The van der Waals surface area contributed by atoms with Gasteiger partial charge in [0, 0.05) is 4.47 Å². The number of ether oxygens (including phenoxy) is 1. The van der Waals surface area contributed by atoms with Crippen molar-refractivity contribution in [1.82, 2.24) is 0 Å². The number of rotatable bonds is 3. The second-order valence-electron chi connectivity index (χ2n) is 4.03. The smallest absolute Gasteiger partial charge is 0.337 e. The molecule has 0 aliphatic carbocycles. The van der Waals surface area contributed by atoms with Gasteiger partial charge in [0.05, 0.1) is 19.3 Å². The highest BCUT2D eigenvalue weighted by Crippen LogP contribution is 2.26. The fourth-order valence-electron chi connectivity index (χ4n) is 1.77. The molecular formula is C15H13BrO3. The molecule has 4 heteroatoms. The minimum absolute atomic E-state index is 0.00212. The first-order valence-electron chi connectivity index (χ1n) is 5.73. The number of halogens is 1. The predicted molar refractivity (Wildman–Crippen MR) is 76.8 cm³/mol. The molecule has 3 nitrogen and oxygen atoms in total. The first kappa shape index (κ1) is 13.8. The van der Waals surface area contributed by atoms with Gasteiger partial charge in [-0.05, 0) is 34.9 Å². The maximum absolute atomic E-state index is 11.3. The summed E-state index contributed by atoms with van der Waals surface area (Å²) < 4.78 is 5.52. The number of carbonyl (C=O) groups is 1. The summed E-state index contributed by atoms with van der Waals surface area (Å²) in [4.78, 5) is 11.3. The van der Waals surface area contributed by atoms with Gasteiger partial charge in [0.25, 0.3) is 0 Å². The van der Waals surface area contributed by atoms with Gasteiger partial charge in [-0.1, -0.05) is 40.2 Å². The van der Waals surface area contributed by atoms with Crippen molar-refractivity contribution >= 4 is 21.9 Å². The van der Waals surface area contributed by atoms with Crippen LogP contribution in [0.4, 0.5) is 0 Å². The van der Waals surface area contributed by atoms with Crippen LogP contribution in [-0.4, -0.2) is 18.2 Å². The van der Waals surface area contributed by atoms with Crippen LogP contribution < -0.4 is 0 Å². The molecule has 0 saturated heterocycles. The second kappa shape index (κ2) is 5.99. The van der Waals surface area contributed by atoms with Gasteiger partial charge in [-0.15, -0.1) is 0 Å². The van der Waals surface area contributed by atoms with Crippen molar-refractivity contribution in [1.29, 1.82) is 0 Å². The number of carbonyl (C=O) groups excluding carboxylic acids is 1. The Kier molecular flexibility index (Phi) is 4.35. The molecule has 0 amide bonds. The minimum atomic E-state index is -0.344. The van der Waals surface area contributed by atoms with Crippen LogP contribution in [0.1, 0.15) is 15.9 Å². The maximum atomic E-state index is 11.3. The number of methoxy groups -OCH3 is 1. The molecule has 19 heavy (non-hydrogen) atoms. The van der Waals surface area contributed by atoms with E-state index in [0.717, 1.165) is 21.2 Å². The van der Waals surface area contributed by atoms with Gasteiger partial charge in [-0.2, -0.15) is 0 Å². The van der Waals surface area contributed by atoms with E-state index in [0.29, 0.717) is 5.56 Å². The molecule has 1 N–H and O–H groups in total. The van der Waals surface area contributed by atoms with E-state index in [1.165, 1.54) is 7.11 Å². The lowest BCUT2D eigenvalue weighted by Gasteiger charge is -2.06. The molecule has 0 heterocycles. The molecule has 0 aromatic heterocycles. The molecule has 98 valence electrons. The van der Waals surface area contributed by atoms with Crippen LogP contribution in [0.3, 0.4) is 0 Å². The van der Waals surface area contributed by atoms with Gasteiger partial charge >= 0.3 is 5.97 Å². The molecule has 0 aliphatic rings. The summed E-state index contributed by atoms with van der Waals surface area (Å²) in [6.07, 6.45) is 0. The minimum Gasteiger partial charge on any atom is -0.465 e. The van der Waals surface area contributed by atoms with Gasteiger partial charge in [0.15, 0.2) is 0 Å². The van der Waals surface area contributed by atoms with Crippen LogP contribution in [0.15, 0.2) is 46.9 Å². The highest BCUT2D eigenvalue weighted by atomic mass is 79.9. The molecule has 0 spiro atoms. The summed E-state index contributed by atoms with van der Waals surface area (Å²) >= 11 is 3.42. The zero-order valence-corrected chi connectivity index (χ0v) is 12.0. The third-order valence-electron chi connectivity index (χ3n) is 2.86. The number of benzene rings is 2. The summed E-state index contributed by atoms with van der Waals surface area (Å²) in [5.74, 6) is -0.344. The third kappa shape index (κ3) is 3.03. The normalized spacial score (nSPS) is 10.3. The molecule has 0 fully saturated rings. The fourth-order valence-corrected chi connectivity index (χ4v) is 2.28. The summed E-state index contributed by atoms with van der Waals surface area (Å²) in [5, 5.41) is 9.12. The van der Waals surface area contributed by atoms with Crippen LogP contribution in [0.2, 0.25) is 0 Å². The zero-order chi connectivity index (χ0) is 13.8. The van der Waals surface area contributed by atoms with Crippen LogP contribution in [0.25, 0.3) is 11.1 Å². The maximum Gasteiger partial charge on any atom is 0.337 e. The Balaban J connectivity index is 2.32. The van der Waals surface area contributed by atoms with Gasteiger partial charge in [-0.25, -0.2) is 4.79 Å². The molecule has 0 saturated carbocycles. The van der Waals surface area contributed by atoms with Crippen molar-refractivity contribution in [2.75, 3.05) is 7.11 Å². The molecule has 0 atom stereocenters. The number of aliphatic hydroxyl groups is 1. The van der Waals surface area contributed by atoms with E-state index in [4.69, 9.17) is 5.11 Å². The van der Waals surface area contributed by atoms with Gasteiger partial charge in [0.1, 0.15) is 0 Å². The Morgan fingerprint density at radius 3 is 2.32 bits per heavy atom. The third-order valence-corrected chi connectivity index (χ3v) is 3.60. The Bertz CT molecular complexity index is 591. The average molecular weight is 321 g/mol. The Labute approximate surface area is 120 Å². The van der Waals surface area contributed by atoms with E-state index in [-0.39, 0.29) is 12.6 Å². The number of hydrogen-bond acceptors (Lipinski definition) is 3. The lowest BCUT2D eigenvalue weighted by molar-refractivity contribution is 0.0601. The fraction of sp³-hybridized carbons (Fsp3) is 0.133. The number of hydrogen-bond donors (Lipinski definition) is 1. The Morgan fingerprint density at radius 2 is 1.79 bits per heavy atom. The molecule has 0 aliphatic heterocycles. The Morgan fingerprint density at radius 1 is 1.16 bits per heavy atom. The quantitative estimate of drug-likeness (QED) is 0.882. The number of esters is 1. The van der Waals surface area contributed by atoms with Crippen LogP contribution in [-0.2, 0) is 11.3 Å². The van der Waals surface area contributed by atoms with Crippen molar-refractivity contribution in [3.8, 4) is 11.1 Å². The molecule has 2 rings (SSSR count). The topological polar surface area (TPSA) is 46.5 Å². The first-order chi connectivity index (χ1) is 9.15. The van der Waals surface area contributed by atoms with Crippen LogP contribution in [0, 0.1) is 0 Å². The second-order valence-corrected chi connectivity index (χ2v) is 4.89. The van der Waals surface area contributed by atoms with Crippen molar-refractivity contribution < 1.29 is 14.6 Å². The lowest BCUT2D eigenvalue weighted by atomic mass is 10.0. The summed E-state index contributed by atoms with van der Waals surface area (Å²) in [6.45, 7) is 0.00212. The van der Waals surface area contributed by atoms with Crippen LogP contribution in [0.5, 0.6) is 0 Å². The van der Waals surface area contributed by atoms with Crippen molar-refractivity contribution in [2.45, 2.75) is 6.61 Å². The standard InChI is InChI=1S/C15H13BrO3/c1-19-15(18)11-4-2-10(3-5-11)12-6-7-13(9-17)14(16)8-12/h2-8,17H,9H2,1H3.